The number of halogens is 2. The Morgan fingerprint density at radius 2 is 1.87 bits per heavy atom. The molecule has 1 amide bonds. The second-order valence-corrected chi connectivity index (χ2v) is 5.81. The van der Waals surface area contributed by atoms with Crippen LogP contribution < -0.4 is 16.0 Å². The molecule has 3 heterocycles. The van der Waals surface area contributed by atoms with E-state index in [1.807, 2.05) is 0 Å². The molecule has 0 atom stereocenters. The fourth-order valence-corrected chi connectivity index (χ4v) is 3.10. The Bertz CT molecular complexity index is 657. The van der Waals surface area contributed by atoms with E-state index in [0.29, 0.717) is 15.6 Å². The topological polar surface area (TPSA) is 97.0 Å². The monoisotopic (exact) mass is 376 g/mol. The average molecular weight is 377 g/mol. The Balaban J connectivity index is 0.00000132. The number of piperazine rings is 1. The maximum Gasteiger partial charge on any atom is 0.260 e. The fourth-order valence-electron chi connectivity index (χ4n) is 2.21. The molecule has 1 fully saturated rings. The summed E-state index contributed by atoms with van der Waals surface area (Å²) in [5.74, 6) is 0.276. The first-order valence-corrected chi connectivity index (χ1v) is 7.52. The van der Waals surface area contributed by atoms with Crippen molar-refractivity contribution in [3.8, 4) is 10.6 Å². The summed E-state index contributed by atoms with van der Waals surface area (Å²) in [6, 6.07) is 0. The predicted molar refractivity (Wildman–Crippen MR) is 96.0 cm³/mol. The van der Waals surface area contributed by atoms with Crippen LogP contribution in [0.15, 0.2) is 12.4 Å². The van der Waals surface area contributed by atoms with E-state index in [-0.39, 0.29) is 24.8 Å². The van der Waals surface area contributed by atoms with Gasteiger partial charge in [0.15, 0.2) is 0 Å². The Morgan fingerprint density at radius 1 is 1.26 bits per heavy atom. The number of amides is 1. The molecule has 0 bridgehead atoms. The molecular weight excluding hydrogens is 359 g/mol. The summed E-state index contributed by atoms with van der Waals surface area (Å²) >= 11 is 1.27. The van der Waals surface area contributed by atoms with Gasteiger partial charge >= 0.3 is 0 Å². The molecule has 1 aliphatic rings. The number of carbonyl (C=O) groups excluding carboxylic acids is 1. The fraction of sp³-hybridized carbons (Fsp3) is 0.385. The first-order valence-electron chi connectivity index (χ1n) is 6.70. The third-order valence-electron chi connectivity index (χ3n) is 3.31. The summed E-state index contributed by atoms with van der Waals surface area (Å²) in [7, 11) is 0. The molecule has 10 heteroatoms. The smallest absolute Gasteiger partial charge is 0.260 e. The molecule has 126 valence electrons. The quantitative estimate of drug-likeness (QED) is 0.836. The number of nitrogens with one attached hydrogen (secondary N) is 1. The number of hydrogen-bond acceptors (Lipinski definition) is 7. The van der Waals surface area contributed by atoms with Gasteiger partial charge in [-0.15, -0.1) is 36.2 Å². The van der Waals surface area contributed by atoms with Crippen molar-refractivity contribution >= 4 is 48.0 Å². The van der Waals surface area contributed by atoms with Crippen molar-refractivity contribution in [2.75, 3.05) is 31.1 Å². The lowest BCUT2D eigenvalue weighted by Crippen LogP contribution is -2.44. The van der Waals surface area contributed by atoms with Crippen LogP contribution in [-0.4, -0.2) is 47.0 Å². The summed E-state index contributed by atoms with van der Waals surface area (Å²) in [4.78, 5) is 27.1. The van der Waals surface area contributed by atoms with Crippen molar-refractivity contribution in [3.05, 3.63) is 23.0 Å². The van der Waals surface area contributed by atoms with Crippen LogP contribution in [0.1, 0.15) is 15.4 Å². The Hall–Kier alpha value is -1.48. The normalized spacial score (nSPS) is 13.9. The molecule has 0 aliphatic carbocycles. The van der Waals surface area contributed by atoms with E-state index in [0.717, 1.165) is 37.7 Å². The molecule has 0 spiro atoms. The molecule has 23 heavy (non-hydrogen) atoms. The zero-order valence-corrected chi connectivity index (χ0v) is 14.9. The summed E-state index contributed by atoms with van der Waals surface area (Å²) in [5.41, 5.74) is 6.76. The largest absolute Gasteiger partial charge is 0.365 e. The van der Waals surface area contributed by atoms with Crippen LogP contribution in [0, 0.1) is 6.92 Å². The van der Waals surface area contributed by atoms with Gasteiger partial charge in [-0.1, -0.05) is 0 Å². The molecule has 0 radical (unpaired) electrons. The number of nitrogens with two attached hydrogens (primary N) is 1. The van der Waals surface area contributed by atoms with E-state index in [1.165, 1.54) is 11.3 Å². The van der Waals surface area contributed by atoms with Crippen molar-refractivity contribution in [3.63, 3.8) is 0 Å². The van der Waals surface area contributed by atoms with Gasteiger partial charge in [0.2, 0.25) is 5.95 Å². The lowest BCUT2D eigenvalue weighted by Gasteiger charge is -2.27. The van der Waals surface area contributed by atoms with Crippen molar-refractivity contribution < 1.29 is 4.79 Å². The molecule has 0 saturated carbocycles. The van der Waals surface area contributed by atoms with Gasteiger partial charge in [-0.05, 0) is 6.92 Å². The van der Waals surface area contributed by atoms with Gasteiger partial charge in [0.05, 0.1) is 5.69 Å². The predicted octanol–water partition coefficient (Wildman–Crippen LogP) is 1.26. The van der Waals surface area contributed by atoms with Crippen molar-refractivity contribution in [2.24, 2.45) is 5.73 Å². The molecule has 2 aromatic rings. The third kappa shape index (κ3) is 4.29. The SMILES string of the molecule is Cc1nc(-c2cnc(N3CCNCC3)nc2)sc1C(N)=O.Cl.Cl. The van der Waals surface area contributed by atoms with Crippen LogP contribution in [0.3, 0.4) is 0 Å². The Morgan fingerprint density at radius 3 is 2.39 bits per heavy atom. The van der Waals surface area contributed by atoms with Crippen LogP contribution in [0.25, 0.3) is 10.6 Å². The molecule has 0 unspecified atom stereocenters. The summed E-state index contributed by atoms with van der Waals surface area (Å²) < 4.78 is 0. The number of primary amides is 1. The van der Waals surface area contributed by atoms with E-state index in [9.17, 15) is 4.79 Å². The third-order valence-corrected chi connectivity index (χ3v) is 4.53. The van der Waals surface area contributed by atoms with Crippen molar-refractivity contribution in [2.45, 2.75) is 6.92 Å². The minimum absolute atomic E-state index is 0. The van der Waals surface area contributed by atoms with E-state index in [2.05, 4.69) is 25.2 Å². The van der Waals surface area contributed by atoms with Gasteiger partial charge in [0.1, 0.15) is 9.88 Å². The molecule has 3 rings (SSSR count). The lowest BCUT2D eigenvalue weighted by molar-refractivity contribution is 0.100. The minimum atomic E-state index is -0.449. The summed E-state index contributed by atoms with van der Waals surface area (Å²) in [6.45, 7) is 5.47. The lowest BCUT2D eigenvalue weighted by atomic mass is 10.3. The van der Waals surface area contributed by atoms with E-state index < -0.39 is 5.91 Å². The highest BCUT2D eigenvalue weighted by Gasteiger charge is 2.16. The minimum Gasteiger partial charge on any atom is -0.365 e. The number of nitrogens with zero attached hydrogens (tertiary/aromatic N) is 4. The van der Waals surface area contributed by atoms with Crippen molar-refractivity contribution in [1.82, 2.24) is 20.3 Å². The highest BCUT2D eigenvalue weighted by atomic mass is 35.5. The summed E-state index contributed by atoms with van der Waals surface area (Å²) in [5, 5.41) is 4.01. The Labute approximate surface area is 150 Å². The number of anilines is 1. The number of aromatic nitrogens is 3. The molecular formula is C13H18Cl2N6OS. The molecule has 1 saturated heterocycles. The number of thiazole rings is 1. The highest BCUT2D eigenvalue weighted by molar-refractivity contribution is 7.17. The maximum absolute atomic E-state index is 11.3. The van der Waals surface area contributed by atoms with E-state index >= 15 is 0 Å². The van der Waals surface area contributed by atoms with Crippen LogP contribution in [0.4, 0.5) is 5.95 Å². The number of hydrogen-bond donors (Lipinski definition) is 2. The van der Waals surface area contributed by atoms with Gasteiger partial charge in [-0.25, -0.2) is 15.0 Å². The van der Waals surface area contributed by atoms with Crippen LogP contribution in [0.5, 0.6) is 0 Å². The van der Waals surface area contributed by atoms with Gasteiger partial charge in [0.25, 0.3) is 5.91 Å². The second kappa shape index (κ2) is 8.39. The van der Waals surface area contributed by atoms with E-state index in [4.69, 9.17) is 5.73 Å². The summed E-state index contributed by atoms with van der Waals surface area (Å²) in [6.07, 6.45) is 3.49. The average Bonchev–Trinajstić information content (AvgIpc) is 2.90. The highest BCUT2D eigenvalue weighted by Crippen LogP contribution is 2.27. The van der Waals surface area contributed by atoms with Gasteiger partial charge < -0.3 is 16.0 Å². The first kappa shape index (κ1) is 19.6. The molecule has 1 aliphatic heterocycles. The molecule has 2 aromatic heterocycles. The zero-order chi connectivity index (χ0) is 14.8. The molecule has 3 N–H and O–H groups in total. The molecule has 7 nitrogen and oxygen atoms in total. The van der Waals surface area contributed by atoms with Crippen LogP contribution in [0.2, 0.25) is 0 Å². The van der Waals surface area contributed by atoms with Crippen LogP contribution in [-0.2, 0) is 0 Å². The van der Waals surface area contributed by atoms with E-state index in [1.54, 1.807) is 19.3 Å². The first-order chi connectivity index (χ1) is 10.1. The van der Waals surface area contributed by atoms with Gasteiger partial charge in [0, 0.05) is 44.1 Å². The van der Waals surface area contributed by atoms with Crippen molar-refractivity contribution in [1.29, 1.82) is 0 Å². The molecule has 0 aromatic carbocycles. The number of rotatable bonds is 3. The van der Waals surface area contributed by atoms with Gasteiger partial charge in [-0.2, -0.15) is 0 Å². The zero-order valence-electron chi connectivity index (χ0n) is 12.5. The number of carbonyl (C=O) groups is 1. The Kier molecular flexibility index (Phi) is 7.14. The number of aryl methyl sites for hydroxylation is 1. The second-order valence-electron chi connectivity index (χ2n) is 4.81. The van der Waals surface area contributed by atoms with Gasteiger partial charge in [-0.3, -0.25) is 4.79 Å². The standard InChI is InChI=1S/C13H16N6OS.2ClH/c1-8-10(11(14)20)21-12(18-8)9-6-16-13(17-7-9)19-4-2-15-3-5-19;;/h6-7,15H,2-5H2,1H3,(H2,14,20);2*1H. The maximum atomic E-state index is 11.3. The van der Waals surface area contributed by atoms with Crippen LogP contribution >= 0.6 is 36.2 Å².